The number of piperidine rings is 1. The highest BCUT2D eigenvalue weighted by Crippen LogP contribution is 2.27. The first-order valence-electron chi connectivity index (χ1n) is 11.9. The Kier molecular flexibility index (Phi) is 7.10. The Morgan fingerprint density at radius 2 is 2.00 bits per heavy atom. The number of nitrogens with zero attached hydrogens (tertiary/aromatic N) is 5. The molecule has 5 heterocycles. The number of anilines is 1. The number of thioether (sulfide) groups is 1. The maximum absolute atomic E-state index is 11.8. The number of hydrogen-bond acceptors (Lipinski definition) is 10. The van der Waals surface area contributed by atoms with Gasteiger partial charge in [-0.2, -0.15) is 0 Å². The molecule has 2 saturated heterocycles. The number of rotatable bonds is 7. The minimum Gasteiger partial charge on any atom is -0.361 e. The SMILES string of the molecule is Cc1noc(C)c1-c1cc(CNCC2CCN(c3nccc(C=C4SC(=O)NC4=O)n3)CC2)ccn1. The summed E-state index contributed by atoms with van der Waals surface area (Å²) in [5.74, 6) is 1.61. The summed E-state index contributed by atoms with van der Waals surface area (Å²) in [5.41, 5.74) is 4.49. The molecule has 3 aromatic rings. The van der Waals surface area contributed by atoms with Crippen LogP contribution in [-0.2, 0) is 11.3 Å². The van der Waals surface area contributed by atoms with Crippen LogP contribution in [0, 0.1) is 19.8 Å². The number of hydrogen-bond donors (Lipinski definition) is 2. The van der Waals surface area contributed by atoms with Gasteiger partial charge in [0.05, 0.1) is 27.6 Å². The molecule has 0 bridgehead atoms. The van der Waals surface area contributed by atoms with Gasteiger partial charge in [-0.25, -0.2) is 9.97 Å². The molecule has 186 valence electrons. The summed E-state index contributed by atoms with van der Waals surface area (Å²) in [4.78, 5) is 39.2. The summed E-state index contributed by atoms with van der Waals surface area (Å²) in [5, 5.41) is 9.52. The maximum Gasteiger partial charge on any atom is 0.290 e. The number of amides is 2. The van der Waals surface area contributed by atoms with Crippen LogP contribution in [0.15, 0.2) is 40.0 Å². The van der Waals surface area contributed by atoms with E-state index in [4.69, 9.17) is 4.52 Å². The van der Waals surface area contributed by atoms with E-state index in [0.29, 0.717) is 22.5 Å². The van der Waals surface area contributed by atoms with E-state index in [9.17, 15) is 9.59 Å². The summed E-state index contributed by atoms with van der Waals surface area (Å²) < 4.78 is 5.28. The van der Waals surface area contributed by atoms with Crippen molar-refractivity contribution in [3.05, 3.63) is 58.2 Å². The van der Waals surface area contributed by atoms with E-state index in [1.54, 1.807) is 18.3 Å². The molecule has 2 fully saturated rings. The fraction of sp³-hybridized carbons (Fsp3) is 0.360. The summed E-state index contributed by atoms with van der Waals surface area (Å²) in [7, 11) is 0. The van der Waals surface area contributed by atoms with Gasteiger partial charge in [0, 0.05) is 32.0 Å². The van der Waals surface area contributed by atoms with E-state index in [1.165, 1.54) is 5.56 Å². The lowest BCUT2D eigenvalue weighted by molar-refractivity contribution is -0.115. The van der Waals surface area contributed by atoms with Gasteiger partial charge in [-0.1, -0.05) is 5.16 Å². The Bertz CT molecular complexity index is 1290. The highest BCUT2D eigenvalue weighted by molar-refractivity contribution is 8.18. The van der Waals surface area contributed by atoms with E-state index in [2.05, 4.69) is 41.7 Å². The predicted molar refractivity (Wildman–Crippen MR) is 137 cm³/mol. The van der Waals surface area contributed by atoms with Crippen molar-refractivity contribution in [2.45, 2.75) is 33.2 Å². The zero-order valence-corrected chi connectivity index (χ0v) is 21.0. The largest absolute Gasteiger partial charge is 0.361 e. The first kappa shape index (κ1) is 24.1. The Morgan fingerprint density at radius 1 is 1.19 bits per heavy atom. The molecule has 0 radical (unpaired) electrons. The van der Waals surface area contributed by atoms with Gasteiger partial charge in [0.2, 0.25) is 5.95 Å². The van der Waals surface area contributed by atoms with Crippen molar-refractivity contribution >= 4 is 34.9 Å². The lowest BCUT2D eigenvalue weighted by Crippen LogP contribution is -2.38. The number of pyridine rings is 1. The van der Waals surface area contributed by atoms with Crippen LogP contribution in [0.5, 0.6) is 0 Å². The van der Waals surface area contributed by atoms with Crippen LogP contribution in [0.1, 0.15) is 35.6 Å². The summed E-state index contributed by atoms with van der Waals surface area (Å²) in [6.07, 6.45) is 7.22. The highest BCUT2D eigenvalue weighted by atomic mass is 32.2. The van der Waals surface area contributed by atoms with Crippen molar-refractivity contribution in [2.75, 3.05) is 24.5 Å². The molecule has 0 saturated carbocycles. The second-order valence-corrected chi connectivity index (χ2v) is 9.96. The smallest absolute Gasteiger partial charge is 0.290 e. The fourth-order valence-electron chi connectivity index (χ4n) is 4.48. The molecule has 36 heavy (non-hydrogen) atoms. The molecule has 11 heteroatoms. The van der Waals surface area contributed by atoms with Crippen LogP contribution >= 0.6 is 11.8 Å². The first-order valence-corrected chi connectivity index (χ1v) is 12.7. The molecule has 0 aromatic carbocycles. The average Bonchev–Trinajstić information content (AvgIpc) is 3.38. The maximum atomic E-state index is 11.8. The third-order valence-corrected chi connectivity index (χ3v) is 7.17. The first-order chi connectivity index (χ1) is 17.5. The van der Waals surface area contributed by atoms with Crippen molar-refractivity contribution in [2.24, 2.45) is 5.92 Å². The minimum atomic E-state index is -0.384. The summed E-state index contributed by atoms with van der Waals surface area (Å²) >= 11 is 0.887. The molecular formula is C25H27N7O3S. The molecule has 5 rings (SSSR count). The van der Waals surface area contributed by atoms with Crippen LogP contribution in [0.25, 0.3) is 17.3 Å². The van der Waals surface area contributed by atoms with Crippen LogP contribution in [-0.4, -0.2) is 50.9 Å². The third-order valence-electron chi connectivity index (χ3n) is 6.36. The zero-order chi connectivity index (χ0) is 25.1. The van der Waals surface area contributed by atoms with E-state index in [0.717, 1.165) is 73.5 Å². The van der Waals surface area contributed by atoms with Gasteiger partial charge < -0.3 is 14.7 Å². The Labute approximate surface area is 213 Å². The van der Waals surface area contributed by atoms with E-state index in [-0.39, 0.29) is 11.1 Å². The van der Waals surface area contributed by atoms with Gasteiger partial charge in [-0.3, -0.25) is 19.9 Å². The Morgan fingerprint density at radius 3 is 2.72 bits per heavy atom. The lowest BCUT2D eigenvalue weighted by Gasteiger charge is -2.32. The van der Waals surface area contributed by atoms with Crippen molar-refractivity contribution < 1.29 is 14.1 Å². The molecule has 10 nitrogen and oxygen atoms in total. The Hall–Kier alpha value is -3.57. The van der Waals surface area contributed by atoms with Crippen LogP contribution < -0.4 is 15.5 Å². The zero-order valence-electron chi connectivity index (χ0n) is 20.2. The second-order valence-electron chi connectivity index (χ2n) is 8.94. The topological polar surface area (TPSA) is 126 Å². The molecule has 2 aliphatic heterocycles. The van der Waals surface area contributed by atoms with E-state index >= 15 is 0 Å². The van der Waals surface area contributed by atoms with Crippen LogP contribution in [0.4, 0.5) is 10.7 Å². The number of imide groups is 1. The molecule has 3 aromatic heterocycles. The summed E-state index contributed by atoms with van der Waals surface area (Å²) in [6.45, 7) is 7.27. The third kappa shape index (κ3) is 5.47. The van der Waals surface area contributed by atoms with Gasteiger partial charge in [0.1, 0.15) is 5.76 Å². The quantitative estimate of drug-likeness (QED) is 0.461. The van der Waals surface area contributed by atoms with Gasteiger partial charge in [0.15, 0.2) is 0 Å². The monoisotopic (exact) mass is 505 g/mol. The molecule has 0 atom stereocenters. The van der Waals surface area contributed by atoms with Gasteiger partial charge in [-0.15, -0.1) is 0 Å². The van der Waals surface area contributed by atoms with Gasteiger partial charge in [-0.05, 0) is 80.8 Å². The van der Waals surface area contributed by atoms with Crippen LogP contribution in [0.2, 0.25) is 0 Å². The van der Waals surface area contributed by atoms with Gasteiger partial charge >= 0.3 is 0 Å². The molecule has 0 unspecified atom stereocenters. The molecule has 2 aliphatic rings. The predicted octanol–water partition coefficient (Wildman–Crippen LogP) is 3.47. The molecule has 0 aliphatic carbocycles. The minimum absolute atomic E-state index is 0.349. The van der Waals surface area contributed by atoms with E-state index in [1.807, 2.05) is 26.1 Å². The van der Waals surface area contributed by atoms with Crippen LogP contribution in [0.3, 0.4) is 0 Å². The van der Waals surface area contributed by atoms with Crippen molar-refractivity contribution in [1.82, 2.24) is 30.7 Å². The standard InChI is InChI=1S/C25H27N7O3S/c1-15-22(16(2)35-31-15)20-11-18(3-7-27-20)14-26-13-17-5-9-32(10-6-17)24-28-8-4-19(29-24)12-21-23(33)30-25(34)36-21/h3-4,7-8,11-12,17,26H,5-6,9-10,13-14H2,1-2H3,(H,30,33,34). The average molecular weight is 506 g/mol. The normalized spacial score (nSPS) is 17.7. The number of carbonyl (C=O) groups is 2. The Balaban J connectivity index is 1.12. The number of aromatic nitrogens is 4. The number of carbonyl (C=O) groups excluding carboxylic acids is 2. The highest BCUT2D eigenvalue weighted by Gasteiger charge is 2.26. The molecule has 2 N–H and O–H groups in total. The molecular weight excluding hydrogens is 478 g/mol. The second kappa shape index (κ2) is 10.6. The van der Waals surface area contributed by atoms with Gasteiger partial charge in [0.25, 0.3) is 11.1 Å². The molecule has 0 spiro atoms. The fourth-order valence-corrected chi connectivity index (χ4v) is 5.14. The summed E-state index contributed by atoms with van der Waals surface area (Å²) in [6, 6.07) is 5.85. The molecule has 2 amide bonds. The van der Waals surface area contributed by atoms with E-state index < -0.39 is 0 Å². The lowest BCUT2D eigenvalue weighted by atomic mass is 9.97. The number of aryl methyl sites for hydroxylation is 2. The van der Waals surface area contributed by atoms with Crippen molar-refractivity contribution in [3.63, 3.8) is 0 Å². The number of nitrogens with one attached hydrogen (secondary N) is 2. The van der Waals surface area contributed by atoms with Crippen molar-refractivity contribution in [1.29, 1.82) is 0 Å². The van der Waals surface area contributed by atoms with Crippen molar-refractivity contribution in [3.8, 4) is 11.3 Å².